The zero-order valence-corrected chi connectivity index (χ0v) is 12.1. The third-order valence-electron chi connectivity index (χ3n) is 2.06. The molecule has 0 aromatic carbocycles. The normalized spacial score (nSPS) is 13.9. The minimum Gasteiger partial charge on any atom is -0.317 e. The molecule has 0 saturated carbocycles. The maximum atomic E-state index is 11.6. The van der Waals surface area contributed by atoms with Crippen LogP contribution in [0.3, 0.4) is 0 Å². The fourth-order valence-corrected chi connectivity index (χ4v) is 3.46. The van der Waals surface area contributed by atoms with E-state index in [4.69, 9.17) is 0 Å². The van der Waals surface area contributed by atoms with Crippen molar-refractivity contribution in [1.82, 2.24) is 10.0 Å². The summed E-state index contributed by atoms with van der Waals surface area (Å²) in [5, 5.41) is 3.18. The van der Waals surface area contributed by atoms with Gasteiger partial charge in [-0.2, -0.15) is 11.8 Å². The van der Waals surface area contributed by atoms with E-state index in [-0.39, 0.29) is 11.8 Å². The molecule has 0 aliphatic heterocycles. The lowest BCUT2D eigenvalue weighted by Crippen LogP contribution is -2.36. The molecular weight excluding hydrogens is 244 g/mol. The molecule has 0 rings (SSSR count). The van der Waals surface area contributed by atoms with Gasteiger partial charge in [-0.25, -0.2) is 13.1 Å². The molecule has 0 bridgehead atoms. The monoisotopic (exact) mass is 268 g/mol. The lowest BCUT2D eigenvalue weighted by Gasteiger charge is -2.12. The van der Waals surface area contributed by atoms with Crippen LogP contribution in [0.4, 0.5) is 0 Å². The summed E-state index contributed by atoms with van der Waals surface area (Å²) in [5.74, 6) is 1.05. The number of rotatable bonds is 10. The van der Waals surface area contributed by atoms with Gasteiger partial charge in [0.25, 0.3) is 0 Å². The van der Waals surface area contributed by atoms with Gasteiger partial charge in [0.15, 0.2) is 0 Å². The van der Waals surface area contributed by atoms with Crippen molar-refractivity contribution >= 4 is 21.8 Å². The third-order valence-corrected chi connectivity index (χ3v) is 4.48. The van der Waals surface area contributed by atoms with Crippen molar-refractivity contribution in [2.45, 2.75) is 32.7 Å². The van der Waals surface area contributed by atoms with Crippen LogP contribution in [0.15, 0.2) is 0 Å². The van der Waals surface area contributed by atoms with Gasteiger partial charge in [0.2, 0.25) is 10.0 Å². The van der Waals surface area contributed by atoms with Crippen molar-refractivity contribution in [2.24, 2.45) is 0 Å². The van der Waals surface area contributed by atoms with Gasteiger partial charge in [-0.15, -0.1) is 0 Å². The molecule has 0 radical (unpaired) electrons. The number of thioether (sulfide) groups is 1. The molecule has 16 heavy (non-hydrogen) atoms. The molecule has 0 amide bonds. The summed E-state index contributed by atoms with van der Waals surface area (Å²) >= 11 is 1.65. The van der Waals surface area contributed by atoms with Crippen LogP contribution >= 0.6 is 11.8 Å². The summed E-state index contributed by atoms with van der Waals surface area (Å²) in [6.45, 7) is 5.78. The van der Waals surface area contributed by atoms with E-state index in [0.29, 0.717) is 6.42 Å². The van der Waals surface area contributed by atoms with Crippen LogP contribution in [0.2, 0.25) is 0 Å². The van der Waals surface area contributed by atoms with Crippen LogP contribution < -0.4 is 10.0 Å². The first kappa shape index (κ1) is 16.2. The van der Waals surface area contributed by atoms with Gasteiger partial charge in [-0.3, -0.25) is 0 Å². The zero-order chi connectivity index (χ0) is 12.4. The van der Waals surface area contributed by atoms with E-state index in [9.17, 15) is 8.42 Å². The van der Waals surface area contributed by atoms with Crippen LogP contribution in [0, 0.1) is 0 Å². The second-order valence-corrected chi connectivity index (χ2v) is 6.64. The smallest absolute Gasteiger partial charge is 0.211 e. The molecule has 0 heterocycles. The van der Waals surface area contributed by atoms with Crippen LogP contribution in [0.25, 0.3) is 0 Å². The minimum absolute atomic E-state index is 0.0220. The van der Waals surface area contributed by atoms with Gasteiger partial charge in [0.05, 0.1) is 5.75 Å². The van der Waals surface area contributed by atoms with Gasteiger partial charge in [0, 0.05) is 11.8 Å². The Bertz CT molecular complexity index is 256. The first-order valence-corrected chi connectivity index (χ1v) is 8.76. The highest BCUT2D eigenvalue weighted by Crippen LogP contribution is 2.00. The van der Waals surface area contributed by atoms with E-state index in [1.165, 1.54) is 0 Å². The average molecular weight is 268 g/mol. The molecule has 0 aliphatic rings. The van der Waals surface area contributed by atoms with Crippen molar-refractivity contribution in [3.63, 3.8) is 0 Å². The largest absolute Gasteiger partial charge is 0.317 e. The molecule has 6 heteroatoms. The second-order valence-electron chi connectivity index (χ2n) is 3.85. The Morgan fingerprint density at radius 2 is 2.00 bits per heavy atom. The molecule has 0 aromatic rings. The Hall–Kier alpha value is 0.220. The average Bonchev–Trinajstić information content (AvgIpc) is 2.16. The van der Waals surface area contributed by atoms with Gasteiger partial charge in [-0.1, -0.05) is 6.92 Å². The molecule has 0 fully saturated rings. The van der Waals surface area contributed by atoms with Gasteiger partial charge < -0.3 is 5.32 Å². The lowest BCUT2D eigenvalue weighted by molar-refractivity contribution is 0.564. The Morgan fingerprint density at radius 1 is 1.31 bits per heavy atom. The third kappa shape index (κ3) is 9.45. The number of sulfonamides is 1. The highest BCUT2D eigenvalue weighted by Gasteiger charge is 2.13. The van der Waals surface area contributed by atoms with Crippen LogP contribution in [-0.2, 0) is 10.0 Å². The van der Waals surface area contributed by atoms with Crippen LogP contribution in [-0.4, -0.2) is 45.3 Å². The van der Waals surface area contributed by atoms with E-state index in [0.717, 1.165) is 25.3 Å². The Balaban J connectivity index is 3.70. The molecule has 0 aromatic heterocycles. The van der Waals surface area contributed by atoms with Gasteiger partial charge in [0.1, 0.15) is 0 Å². The van der Waals surface area contributed by atoms with Crippen molar-refractivity contribution in [2.75, 3.05) is 30.9 Å². The molecule has 2 N–H and O–H groups in total. The Morgan fingerprint density at radius 3 is 2.56 bits per heavy atom. The predicted molar refractivity (Wildman–Crippen MR) is 72.5 cm³/mol. The van der Waals surface area contributed by atoms with Crippen molar-refractivity contribution < 1.29 is 8.42 Å². The van der Waals surface area contributed by atoms with Crippen molar-refractivity contribution in [1.29, 1.82) is 0 Å². The van der Waals surface area contributed by atoms with Crippen molar-refractivity contribution in [3.8, 4) is 0 Å². The predicted octanol–water partition coefficient (Wildman–Crippen LogP) is 1.05. The zero-order valence-electron chi connectivity index (χ0n) is 10.5. The summed E-state index contributed by atoms with van der Waals surface area (Å²) in [6.07, 6.45) is 3.60. The topological polar surface area (TPSA) is 58.2 Å². The fourth-order valence-electron chi connectivity index (χ4n) is 1.37. The van der Waals surface area contributed by atoms with Gasteiger partial charge in [-0.05, 0) is 39.1 Å². The Kier molecular flexibility index (Phi) is 9.40. The van der Waals surface area contributed by atoms with Crippen LogP contribution in [0.5, 0.6) is 0 Å². The molecule has 0 aliphatic carbocycles. The summed E-state index contributed by atoms with van der Waals surface area (Å²) < 4.78 is 25.9. The molecular formula is C10H24N2O2S2. The SMILES string of the molecule is CCNCCCCS(=O)(=O)NC(C)CSC. The first-order valence-electron chi connectivity index (χ1n) is 5.71. The number of hydrogen-bond acceptors (Lipinski definition) is 4. The number of nitrogens with one attached hydrogen (secondary N) is 2. The lowest BCUT2D eigenvalue weighted by atomic mass is 10.3. The standard InChI is InChI=1S/C10H24N2O2S2/c1-4-11-7-5-6-8-16(13,14)12-10(2)9-15-3/h10-12H,4-9H2,1-3H3. The van der Waals surface area contributed by atoms with E-state index < -0.39 is 10.0 Å². The maximum Gasteiger partial charge on any atom is 0.211 e. The van der Waals surface area contributed by atoms with E-state index >= 15 is 0 Å². The second kappa shape index (κ2) is 9.27. The molecule has 1 unspecified atom stereocenters. The molecule has 98 valence electrons. The summed E-state index contributed by atoms with van der Waals surface area (Å²) in [6, 6.07) is 0.0220. The van der Waals surface area contributed by atoms with Gasteiger partial charge >= 0.3 is 0 Å². The van der Waals surface area contributed by atoms with E-state index in [1.807, 2.05) is 20.1 Å². The number of unbranched alkanes of at least 4 members (excludes halogenated alkanes) is 1. The molecule has 0 saturated heterocycles. The summed E-state index contributed by atoms with van der Waals surface area (Å²) in [5.41, 5.74) is 0. The van der Waals surface area contributed by atoms with Crippen LogP contribution in [0.1, 0.15) is 26.7 Å². The molecule has 1 atom stereocenters. The maximum absolute atomic E-state index is 11.6. The highest BCUT2D eigenvalue weighted by atomic mass is 32.2. The van der Waals surface area contributed by atoms with E-state index in [2.05, 4.69) is 10.0 Å². The minimum atomic E-state index is -3.08. The Labute approximate surface area is 104 Å². The number of hydrogen-bond donors (Lipinski definition) is 2. The van der Waals surface area contributed by atoms with Crippen molar-refractivity contribution in [3.05, 3.63) is 0 Å². The molecule has 4 nitrogen and oxygen atoms in total. The first-order chi connectivity index (χ1) is 7.52. The fraction of sp³-hybridized carbons (Fsp3) is 1.00. The summed E-state index contributed by atoms with van der Waals surface area (Å²) in [4.78, 5) is 0. The van der Waals surface area contributed by atoms with E-state index in [1.54, 1.807) is 11.8 Å². The highest BCUT2D eigenvalue weighted by molar-refractivity contribution is 7.98. The summed E-state index contributed by atoms with van der Waals surface area (Å²) in [7, 11) is -3.08. The molecule has 0 spiro atoms. The quantitative estimate of drug-likeness (QED) is 0.581.